The average Bonchev–Trinajstić information content (AvgIpc) is 2.54. The van der Waals surface area contributed by atoms with Crippen molar-refractivity contribution in [2.75, 3.05) is 13.1 Å². The molecular weight excluding hydrogens is 202 g/mol. The molecule has 1 N–H and O–H groups in total. The molecule has 0 radical (unpaired) electrons. The average molecular weight is 221 g/mol. The molecule has 1 nitrogen and oxygen atoms in total. The van der Waals surface area contributed by atoms with Gasteiger partial charge in [0.15, 0.2) is 0 Å². The molecule has 2 heteroatoms. The fourth-order valence-electron chi connectivity index (χ4n) is 1.95. The zero-order chi connectivity index (χ0) is 10.5. The van der Waals surface area contributed by atoms with Gasteiger partial charge in [-0.25, -0.2) is 0 Å². The Morgan fingerprint density at radius 2 is 2.27 bits per heavy atom. The lowest BCUT2D eigenvalue weighted by Crippen LogP contribution is -2.13. The van der Waals surface area contributed by atoms with Crippen molar-refractivity contribution in [3.63, 3.8) is 0 Å². The van der Waals surface area contributed by atoms with E-state index in [1.54, 1.807) is 5.57 Å². The number of rotatable bonds is 2. The minimum atomic E-state index is 1.15. The molecule has 1 aliphatic heterocycles. The summed E-state index contributed by atoms with van der Waals surface area (Å²) in [7, 11) is 0. The Bertz CT molecular complexity index is 328. The van der Waals surface area contributed by atoms with Crippen LogP contribution in [-0.4, -0.2) is 13.1 Å². The lowest BCUT2D eigenvalue weighted by Gasteiger charge is -2.00. The Kier molecular flexibility index (Phi) is 3.98. The highest BCUT2D eigenvalue weighted by Gasteiger charge is 2.04. The molecule has 0 aromatic carbocycles. The van der Waals surface area contributed by atoms with Gasteiger partial charge in [0.2, 0.25) is 0 Å². The number of hydrogen-bond donors (Lipinski definition) is 1. The lowest BCUT2D eigenvalue weighted by molar-refractivity contribution is 0.703. The first-order valence-corrected chi connectivity index (χ1v) is 6.69. The van der Waals surface area contributed by atoms with Gasteiger partial charge in [-0.05, 0) is 57.0 Å². The van der Waals surface area contributed by atoms with E-state index in [4.69, 9.17) is 0 Å². The Hall–Kier alpha value is -0.600. The van der Waals surface area contributed by atoms with Gasteiger partial charge in [-0.15, -0.1) is 11.3 Å². The zero-order valence-electron chi connectivity index (χ0n) is 9.38. The Morgan fingerprint density at radius 3 is 3.07 bits per heavy atom. The summed E-state index contributed by atoms with van der Waals surface area (Å²) in [5.74, 6) is 0. The van der Waals surface area contributed by atoms with Crippen molar-refractivity contribution < 1.29 is 0 Å². The maximum Gasteiger partial charge on any atom is 0.0272 e. The second kappa shape index (κ2) is 5.47. The van der Waals surface area contributed by atoms with Gasteiger partial charge in [-0.2, -0.15) is 0 Å². The molecule has 0 aliphatic carbocycles. The number of thiophene rings is 1. The van der Waals surface area contributed by atoms with Crippen molar-refractivity contribution in [3.8, 4) is 0 Å². The standard InChI is InChI=1S/C13H19NS/c1-2-12-5-6-13(15-12)10-11-4-3-8-14-9-7-11/h5-6,10,14H,2-4,7-9H2,1H3/b11-10-. The van der Waals surface area contributed by atoms with Crippen LogP contribution in [0.3, 0.4) is 0 Å². The summed E-state index contributed by atoms with van der Waals surface area (Å²) >= 11 is 1.94. The topological polar surface area (TPSA) is 12.0 Å². The lowest BCUT2D eigenvalue weighted by atomic mass is 10.1. The minimum Gasteiger partial charge on any atom is -0.316 e. The second-order valence-electron chi connectivity index (χ2n) is 4.06. The van der Waals surface area contributed by atoms with Gasteiger partial charge in [0.1, 0.15) is 0 Å². The van der Waals surface area contributed by atoms with Crippen LogP contribution in [0.15, 0.2) is 17.7 Å². The molecule has 1 aromatic rings. The molecule has 1 fully saturated rings. The third-order valence-corrected chi connectivity index (χ3v) is 4.03. The van der Waals surface area contributed by atoms with Gasteiger partial charge in [0, 0.05) is 9.75 Å². The van der Waals surface area contributed by atoms with Gasteiger partial charge in [-0.1, -0.05) is 12.5 Å². The monoisotopic (exact) mass is 221 g/mol. The molecule has 2 heterocycles. The van der Waals surface area contributed by atoms with Crippen molar-refractivity contribution in [3.05, 3.63) is 27.5 Å². The summed E-state index contributed by atoms with van der Waals surface area (Å²) in [4.78, 5) is 2.93. The van der Waals surface area contributed by atoms with Crippen LogP contribution in [0.4, 0.5) is 0 Å². The van der Waals surface area contributed by atoms with Gasteiger partial charge in [0.25, 0.3) is 0 Å². The first-order valence-electron chi connectivity index (χ1n) is 5.87. The molecule has 1 aliphatic rings. The van der Waals surface area contributed by atoms with E-state index in [0.717, 1.165) is 13.0 Å². The molecule has 0 unspecified atom stereocenters. The van der Waals surface area contributed by atoms with Gasteiger partial charge in [-0.3, -0.25) is 0 Å². The second-order valence-corrected chi connectivity index (χ2v) is 5.26. The van der Waals surface area contributed by atoms with E-state index >= 15 is 0 Å². The summed E-state index contributed by atoms with van der Waals surface area (Å²) in [5.41, 5.74) is 1.62. The van der Waals surface area contributed by atoms with Gasteiger partial charge < -0.3 is 5.32 Å². The van der Waals surface area contributed by atoms with Gasteiger partial charge >= 0.3 is 0 Å². The van der Waals surface area contributed by atoms with Gasteiger partial charge in [0.05, 0.1) is 0 Å². The molecule has 0 atom stereocenters. The van der Waals surface area contributed by atoms with Crippen molar-refractivity contribution in [1.82, 2.24) is 5.32 Å². The van der Waals surface area contributed by atoms with Crippen LogP contribution in [0.25, 0.3) is 6.08 Å². The van der Waals surface area contributed by atoms with E-state index in [-0.39, 0.29) is 0 Å². The molecule has 2 rings (SSSR count). The van der Waals surface area contributed by atoms with Crippen LogP contribution >= 0.6 is 11.3 Å². The highest BCUT2D eigenvalue weighted by Crippen LogP contribution is 2.23. The molecule has 1 saturated heterocycles. The third-order valence-electron chi connectivity index (χ3n) is 2.85. The highest BCUT2D eigenvalue weighted by atomic mass is 32.1. The normalized spacial score (nSPS) is 20.5. The van der Waals surface area contributed by atoms with E-state index in [1.165, 1.54) is 35.6 Å². The predicted octanol–water partition coefficient (Wildman–Crippen LogP) is 3.47. The first kappa shape index (κ1) is 10.9. The SMILES string of the molecule is CCc1ccc(/C=C2/CCCNCC2)s1. The predicted molar refractivity (Wildman–Crippen MR) is 68.4 cm³/mol. The van der Waals surface area contributed by atoms with Crippen LogP contribution in [-0.2, 0) is 6.42 Å². The molecular formula is C13H19NS. The van der Waals surface area contributed by atoms with Crippen LogP contribution in [0.2, 0.25) is 0 Å². The maximum atomic E-state index is 3.44. The molecule has 15 heavy (non-hydrogen) atoms. The molecule has 0 bridgehead atoms. The molecule has 0 saturated carbocycles. The largest absolute Gasteiger partial charge is 0.316 e. The molecule has 0 spiro atoms. The van der Waals surface area contributed by atoms with E-state index in [2.05, 4.69) is 30.4 Å². The van der Waals surface area contributed by atoms with Crippen molar-refractivity contribution in [2.45, 2.75) is 32.6 Å². The van der Waals surface area contributed by atoms with Crippen LogP contribution < -0.4 is 5.32 Å². The van der Waals surface area contributed by atoms with Crippen molar-refractivity contribution >= 4 is 17.4 Å². The quantitative estimate of drug-likeness (QED) is 0.806. The van der Waals surface area contributed by atoms with Crippen LogP contribution in [0.5, 0.6) is 0 Å². The number of hydrogen-bond acceptors (Lipinski definition) is 2. The summed E-state index contributed by atoms with van der Waals surface area (Å²) in [5, 5.41) is 3.44. The third kappa shape index (κ3) is 3.18. The Balaban J connectivity index is 2.06. The molecule has 82 valence electrons. The maximum absolute atomic E-state index is 3.44. The van der Waals surface area contributed by atoms with Crippen molar-refractivity contribution in [2.24, 2.45) is 0 Å². The van der Waals surface area contributed by atoms with Crippen molar-refractivity contribution in [1.29, 1.82) is 0 Å². The van der Waals surface area contributed by atoms with E-state index in [9.17, 15) is 0 Å². The zero-order valence-corrected chi connectivity index (χ0v) is 10.2. The smallest absolute Gasteiger partial charge is 0.0272 e. The fraction of sp³-hybridized carbons (Fsp3) is 0.538. The first-order chi connectivity index (χ1) is 7.38. The van der Waals surface area contributed by atoms with E-state index in [1.807, 2.05) is 11.3 Å². The molecule has 1 aromatic heterocycles. The Labute approximate surface area is 96.2 Å². The number of nitrogens with one attached hydrogen (secondary N) is 1. The summed E-state index contributed by atoms with van der Waals surface area (Å²) in [6.45, 7) is 4.55. The fourth-order valence-corrected chi connectivity index (χ4v) is 2.89. The summed E-state index contributed by atoms with van der Waals surface area (Å²) in [6.07, 6.45) is 7.34. The number of aryl methyl sites for hydroxylation is 1. The summed E-state index contributed by atoms with van der Waals surface area (Å²) < 4.78 is 0. The van der Waals surface area contributed by atoms with E-state index in [0.29, 0.717) is 0 Å². The van der Waals surface area contributed by atoms with E-state index < -0.39 is 0 Å². The highest BCUT2D eigenvalue weighted by molar-refractivity contribution is 7.12. The Morgan fingerprint density at radius 1 is 1.33 bits per heavy atom. The van der Waals surface area contributed by atoms with Crippen LogP contribution in [0.1, 0.15) is 35.9 Å². The minimum absolute atomic E-state index is 1.15. The molecule has 0 amide bonds. The summed E-state index contributed by atoms with van der Waals surface area (Å²) in [6, 6.07) is 4.51. The van der Waals surface area contributed by atoms with Crippen LogP contribution in [0, 0.1) is 0 Å².